The Balaban J connectivity index is 1.33. The Morgan fingerprint density at radius 3 is 2.00 bits per heavy atom. The second-order valence-corrected chi connectivity index (χ2v) is 10.2. The molecule has 33 heavy (non-hydrogen) atoms. The normalized spacial score (nSPS) is 18.2. The summed E-state index contributed by atoms with van der Waals surface area (Å²) < 4.78 is 14.7. The van der Waals surface area contributed by atoms with Gasteiger partial charge in [0.25, 0.3) is 0 Å². The zero-order valence-electron chi connectivity index (χ0n) is 20.6. The van der Waals surface area contributed by atoms with Gasteiger partial charge in [0.2, 0.25) is 0 Å². The van der Waals surface area contributed by atoms with Gasteiger partial charge in [-0.25, -0.2) is 4.39 Å². The molecule has 3 rings (SSSR count). The van der Waals surface area contributed by atoms with Crippen LogP contribution in [0.4, 0.5) is 4.39 Å². The SMILES string of the molecule is CCCCCCCCCCC1CCC(CCc2ccc(-c3ccc(C#N)cc3)c(F)c2)CC1. The van der Waals surface area contributed by atoms with Gasteiger partial charge in [0.05, 0.1) is 11.6 Å². The minimum absolute atomic E-state index is 0.161. The van der Waals surface area contributed by atoms with Crippen LogP contribution in [-0.4, -0.2) is 0 Å². The maximum absolute atomic E-state index is 14.7. The van der Waals surface area contributed by atoms with E-state index in [1.54, 1.807) is 18.2 Å². The molecule has 2 heteroatoms. The van der Waals surface area contributed by atoms with Crippen LogP contribution in [0.15, 0.2) is 42.5 Å². The number of hydrogen-bond acceptors (Lipinski definition) is 1. The van der Waals surface area contributed by atoms with Crippen LogP contribution >= 0.6 is 0 Å². The van der Waals surface area contributed by atoms with Crippen LogP contribution in [0.3, 0.4) is 0 Å². The monoisotopic (exact) mass is 447 g/mol. The van der Waals surface area contributed by atoms with Crippen LogP contribution in [0.1, 0.15) is 108 Å². The van der Waals surface area contributed by atoms with Crippen molar-refractivity contribution in [3.8, 4) is 17.2 Å². The number of hydrogen-bond donors (Lipinski definition) is 0. The summed E-state index contributed by atoms with van der Waals surface area (Å²) >= 11 is 0. The summed E-state index contributed by atoms with van der Waals surface area (Å²) in [6, 6.07) is 14.9. The highest BCUT2D eigenvalue weighted by molar-refractivity contribution is 5.65. The topological polar surface area (TPSA) is 23.8 Å². The molecule has 1 aliphatic carbocycles. The molecule has 0 aromatic heterocycles. The summed E-state index contributed by atoms with van der Waals surface area (Å²) in [7, 11) is 0. The van der Waals surface area contributed by atoms with E-state index in [9.17, 15) is 4.39 Å². The van der Waals surface area contributed by atoms with Crippen LogP contribution in [0, 0.1) is 29.0 Å². The van der Waals surface area contributed by atoms with Gasteiger partial charge < -0.3 is 0 Å². The van der Waals surface area contributed by atoms with Gasteiger partial charge in [-0.15, -0.1) is 0 Å². The molecule has 0 unspecified atom stereocenters. The highest BCUT2D eigenvalue weighted by Gasteiger charge is 2.20. The largest absolute Gasteiger partial charge is 0.206 e. The molecule has 1 nitrogen and oxygen atoms in total. The van der Waals surface area contributed by atoms with Gasteiger partial charge in [0.15, 0.2) is 0 Å². The van der Waals surface area contributed by atoms with E-state index in [0.29, 0.717) is 11.1 Å². The summed E-state index contributed by atoms with van der Waals surface area (Å²) in [5, 5.41) is 8.94. The Bertz CT molecular complexity index is 855. The Morgan fingerprint density at radius 1 is 0.788 bits per heavy atom. The second-order valence-electron chi connectivity index (χ2n) is 10.2. The van der Waals surface area contributed by atoms with E-state index in [-0.39, 0.29) is 5.82 Å². The van der Waals surface area contributed by atoms with Crippen LogP contribution in [0.5, 0.6) is 0 Å². The summed E-state index contributed by atoms with van der Waals surface area (Å²) in [5.41, 5.74) is 3.15. The Labute approximate surface area is 201 Å². The van der Waals surface area contributed by atoms with E-state index in [2.05, 4.69) is 19.1 Å². The van der Waals surface area contributed by atoms with E-state index in [4.69, 9.17) is 5.26 Å². The third kappa shape index (κ3) is 8.62. The Hall–Kier alpha value is -2.14. The van der Waals surface area contributed by atoms with Gasteiger partial charge >= 0.3 is 0 Å². The van der Waals surface area contributed by atoms with Gasteiger partial charge in [-0.3, -0.25) is 0 Å². The number of rotatable bonds is 13. The Kier molecular flexibility index (Phi) is 11.0. The van der Waals surface area contributed by atoms with Crippen molar-refractivity contribution < 1.29 is 4.39 Å². The molecule has 1 aliphatic rings. The lowest BCUT2D eigenvalue weighted by molar-refractivity contribution is 0.248. The maximum atomic E-state index is 14.7. The lowest BCUT2D eigenvalue weighted by Crippen LogP contribution is -2.15. The van der Waals surface area contributed by atoms with E-state index in [1.165, 1.54) is 89.9 Å². The van der Waals surface area contributed by atoms with Crippen molar-refractivity contribution >= 4 is 0 Å². The standard InChI is InChI=1S/C31H42FN/c1-2-3-4-5-6-7-8-9-10-25-11-13-26(14-12-25)15-16-27-19-22-30(31(32)23-27)29-20-17-28(24-33)18-21-29/h17-23,25-26H,2-16H2,1H3. The molecular weight excluding hydrogens is 405 g/mol. The van der Waals surface area contributed by atoms with Crippen LogP contribution in [0.25, 0.3) is 11.1 Å². The second kappa shape index (κ2) is 14.2. The molecule has 0 amide bonds. The highest BCUT2D eigenvalue weighted by atomic mass is 19.1. The van der Waals surface area contributed by atoms with Crippen molar-refractivity contribution in [2.75, 3.05) is 0 Å². The molecule has 178 valence electrons. The van der Waals surface area contributed by atoms with Crippen LogP contribution in [-0.2, 0) is 6.42 Å². The quantitative estimate of drug-likeness (QED) is 0.280. The fraction of sp³-hybridized carbons (Fsp3) is 0.581. The van der Waals surface area contributed by atoms with Gasteiger partial charge in [0.1, 0.15) is 5.82 Å². The molecule has 1 fully saturated rings. The Morgan fingerprint density at radius 2 is 1.39 bits per heavy atom. The van der Waals surface area contributed by atoms with E-state index < -0.39 is 0 Å². The molecule has 2 aromatic rings. The summed E-state index contributed by atoms with van der Waals surface area (Å²) in [5.74, 6) is 1.60. The summed E-state index contributed by atoms with van der Waals surface area (Å²) in [4.78, 5) is 0. The van der Waals surface area contributed by atoms with E-state index in [1.807, 2.05) is 18.2 Å². The van der Waals surface area contributed by atoms with Crippen molar-refractivity contribution in [3.05, 3.63) is 59.4 Å². The first-order valence-corrected chi connectivity index (χ1v) is 13.5. The lowest BCUT2D eigenvalue weighted by atomic mass is 9.77. The first kappa shape index (κ1) is 25.5. The summed E-state index contributed by atoms with van der Waals surface area (Å²) in [6.45, 7) is 2.28. The van der Waals surface area contributed by atoms with Crippen molar-refractivity contribution in [3.63, 3.8) is 0 Å². The third-order valence-electron chi connectivity index (χ3n) is 7.63. The molecule has 0 radical (unpaired) electrons. The average Bonchev–Trinajstić information content (AvgIpc) is 2.85. The minimum atomic E-state index is -0.161. The molecule has 0 aliphatic heterocycles. The molecule has 0 bridgehead atoms. The molecular formula is C31H42FN. The lowest BCUT2D eigenvalue weighted by Gasteiger charge is -2.28. The highest BCUT2D eigenvalue weighted by Crippen LogP contribution is 2.34. The van der Waals surface area contributed by atoms with Gasteiger partial charge in [-0.05, 0) is 54.0 Å². The van der Waals surface area contributed by atoms with Gasteiger partial charge in [-0.1, -0.05) is 115 Å². The number of nitriles is 1. The number of aryl methyl sites for hydroxylation is 1. The molecule has 0 spiro atoms. The van der Waals surface area contributed by atoms with Gasteiger partial charge in [-0.2, -0.15) is 5.26 Å². The molecule has 0 N–H and O–H groups in total. The number of unbranched alkanes of at least 4 members (excludes halogenated alkanes) is 7. The zero-order valence-corrected chi connectivity index (χ0v) is 20.6. The first-order chi connectivity index (χ1) is 16.2. The fourth-order valence-electron chi connectivity index (χ4n) is 5.42. The van der Waals surface area contributed by atoms with E-state index in [0.717, 1.165) is 29.4 Å². The fourth-order valence-corrected chi connectivity index (χ4v) is 5.42. The number of halogens is 1. The average molecular weight is 448 g/mol. The van der Waals surface area contributed by atoms with Crippen LogP contribution < -0.4 is 0 Å². The van der Waals surface area contributed by atoms with Gasteiger partial charge in [0, 0.05) is 5.56 Å². The molecule has 0 heterocycles. The first-order valence-electron chi connectivity index (χ1n) is 13.5. The molecule has 1 saturated carbocycles. The summed E-state index contributed by atoms with van der Waals surface area (Å²) in [6.07, 6.45) is 20.4. The number of benzene rings is 2. The number of nitrogens with zero attached hydrogens (tertiary/aromatic N) is 1. The molecule has 0 atom stereocenters. The van der Waals surface area contributed by atoms with E-state index >= 15 is 0 Å². The molecule has 0 saturated heterocycles. The van der Waals surface area contributed by atoms with Crippen molar-refractivity contribution in [1.82, 2.24) is 0 Å². The predicted molar refractivity (Wildman–Crippen MR) is 138 cm³/mol. The smallest absolute Gasteiger partial charge is 0.131 e. The predicted octanol–water partition coefficient (Wildman–Crippen LogP) is 9.63. The van der Waals surface area contributed by atoms with Crippen molar-refractivity contribution in [2.45, 2.75) is 103 Å². The third-order valence-corrected chi connectivity index (χ3v) is 7.63. The molecule has 2 aromatic carbocycles. The maximum Gasteiger partial charge on any atom is 0.131 e. The van der Waals surface area contributed by atoms with Crippen molar-refractivity contribution in [2.24, 2.45) is 11.8 Å². The zero-order chi connectivity index (χ0) is 23.3. The van der Waals surface area contributed by atoms with Crippen LogP contribution in [0.2, 0.25) is 0 Å². The minimum Gasteiger partial charge on any atom is -0.206 e. The van der Waals surface area contributed by atoms with Crippen molar-refractivity contribution in [1.29, 1.82) is 5.26 Å².